The number of rotatable bonds is 7. The monoisotopic (exact) mass is 404 g/mol. The Morgan fingerprint density at radius 2 is 1.93 bits per heavy atom. The van der Waals surface area contributed by atoms with Crippen LogP contribution in [0.5, 0.6) is 11.5 Å². The van der Waals surface area contributed by atoms with E-state index in [0.717, 1.165) is 5.56 Å². The van der Waals surface area contributed by atoms with Gasteiger partial charge in [0.15, 0.2) is 0 Å². The zero-order chi connectivity index (χ0) is 21.0. The molecule has 0 aliphatic carbocycles. The molecular formula is C19H18F2N4O4. The highest BCUT2D eigenvalue weighted by atomic mass is 19.3. The van der Waals surface area contributed by atoms with Crippen LogP contribution in [-0.4, -0.2) is 35.0 Å². The van der Waals surface area contributed by atoms with Crippen LogP contribution in [0.3, 0.4) is 0 Å². The Kier molecular flexibility index (Phi) is 6.01. The number of halogens is 2. The van der Waals surface area contributed by atoms with Crippen molar-refractivity contribution in [3.05, 3.63) is 57.9 Å². The van der Waals surface area contributed by atoms with Gasteiger partial charge in [0.1, 0.15) is 22.4 Å². The maximum Gasteiger partial charge on any atom is 0.387 e. The van der Waals surface area contributed by atoms with Gasteiger partial charge in [-0.1, -0.05) is 23.4 Å². The molecule has 2 aromatic carbocycles. The van der Waals surface area contributed by atoms with E-state index in [4.69, 9.17) is 4.74 Å². The molecule has 0 saturated heterocycles. The second kappa shape index (κ2) is 8.63. The number of carbonyl (C=O) groups excluding carboxylic acids is 1. The van der Waals surface area contributed by atoms with E-state index in [1.165, 1.54) is 19.2 Å². The van der Waals surface area contributed by atoms with Gasteiger partial charge < -0.3 is 14.8 Å². The number of aromatic nitrogens is 3. The number of methoxy groups -OCH3 is 1. The van der Waals surface area contributed by atoms with Crippen molar-refractivity contribution in [1.29, 1.82) is 0 Å². The number of hydrogen-bond acceptors (Lipinski definition) is 6. The van der Waals surface area contributed by atoms with Gasteiger partial charge >= 0.3 is 6.61 Å². The molecular weight excluding hydrogens is 386 g/mol. The van der Waals surface area contributed by atoms with Crippen molar-refractivity contribution in [1.82, 2.24) is 20.7 Å². The molecule has 8 nitrogen and oxygen atoms in total. The predicted molar refractivity (Wildman–Crippen MR) is 100 cm³/mol. The summed E-state index contributed by atoms with van der Waals surface area (Å²) in [5, 5.41) is 12.6. The van der Waals surface area contributed by atoms with Gasteiger partial charge in [0.25, 0.3) is 5.56 Å². The molecule has 0 saturated carbocycles. The molecule has 29 heavy (non-hydrogen) atoms. The number of ether oxygens (including phenoxy) is 2. The second-order valence-corrected chi connectivity index (χ2v) is 6.21. The quantitative estimate of drug-likeness (QED) is 0.626. The molecule has 0 fully saturated rings. The molecule has 0 bridgehead atoms. The van der Waals surface area contributed by atoms with Crippen LogP contribution in [0.1, 0.15) is 24.1 Å². The van der Waals surface area contributed by atoms with Crippen LogP contribution in [0.25, 0.3) is 10.9 Å². The summed E-state index contributed by atoms with van der Waals surface area (Å²) in [7, 11) is 1.40. The fourth-order valence-electron chi connectivity index (χ4n) is 2.96. The van der Waals surface area contributed by atoms with Gasteiger partial charge in [-0.15, -0.1) is 5.10 Å². The average Bonchev–Trinajstić information content (AvgIpc) is 2.68. The Labute approximate surface area is 163 Å². The first-order chi connectivity index (χ1) is 13.9. The second-order valence-electron chi connectivity index (χ2n) is 6.21. The largest absolute Gasteiger partial charge is 0.496 e. The van der Waals surface area contributed by atoms with Crippen LogP contribution in [0, 0.1) is 0 Å². The van der Waals surface area contributed by atoms with E-state index < -0.39 is 12.2 Å². The van der Waals surface area contributed by atoms with Gasteiger partial charge in [-0.3, -0.25) is 9.59 Å². The Morgan fingerprint density at radius 3 is 2.59 bits per heavy atom. The maximum atomic E-state index is 12.5. The minimum Gasteiger partial charge on any atom is -0.496 e. The standard InChI is InChI=1S/C19H18F2N4O4/c1-10(11-3-6-13(7-4-11)29-19(20)21)22-15(26)9-12-5-8-14-16(17(12)28-2)18(27)24-25-23-14/h3-8,10,19H,9H2,1-2H3,(H,22,26)(H,23,24,27)/t10-/m0/s1. The first-order valence-corrected chi connectivity index (χ1v) is 8.64. The number of benzene rings is 2. The molecule has 0 unspecified atom stereocenters. The molecule has 3 rings (SSSR count). The van der Waals surface area contributed by atoms with E-state index in [1.807, 2.05) is 0 Å². The highest BCUT2D eigenvalue weighted by Crippen LogP contribution is 2.26. The molecule has 1 atom stereocenters. The summed E-state index contributed by atoms with van der Waals surface area (Å²) in [5.41, 5.74) is 1.13. The molecule has 1 aromatic heterocycles. The number of nitrogens with one attached hydrogen (secondary N) is 2. The van der Waals surface area contributed by atoms with Crippen LogP contribution < -0.4 is 20.3 Å². The summed E-state index contributed by atoms with van der Waals surface area (Å²) < 4.78 is 34.1. The third kappa shape index (κ3) is 4.65. The zero-order valence-electron chi connectivity index (χ0n) is 15.6. The van der Waals surface area contributed by atoms with E-state index in [-0.39, 0.29) is 35.3 Å². The van der Waals surface area contributed by atoms with Gasteiger partial charge in [-0.05, 0) is 30.7 Å². The van der Waals surface area contributed by atoms with Crippen LogP contribution in [0.4, 0.5) is 8.78 Å². The van der Waals surface area contributed by atoms with Gasteiger partial charge in [-0.25, -0.2) is 5.10 Å². The lowest BCUT2D eigenvalue weighted by atomic mass is 10.1. The molecule has 1 heterocycles. The van der Waals surface area contributed by atoms with Crippen LogP contribution >= 0.6 is 0 Å². The van der Waals surface area contributed by atoms with Crippen molar-refractivity contribution in [2.75, 3.05) is 7.11 Å². The number of alkyl halides is 2. The minimum absolute atomic E-state index is 0.0300. The first-order valence-electron chi connectivity index (χ1n) is 8.64. The lowest BCUT2D eigenvalue weighted by Gasteiger charge is -2.16. The SMILES string of the molecule is COc1c(CC(=O)N[C@@H](C)c2ccc(OC(F)F)cc2)ccc2nn[nH]c(=O)c12. The van der Waals surface area contributed by atoms with Crippen molar-refractivity contribution in [3.8, 4) is 11.5 Å². The highest BCUT2D eigenvalue weighted by Gasteiger charge is 2.17. The summed E-state index contributed by atoms with van der Waals surface area (Å²) in [4.78, 5) is 24.6. The third-order valence-electron chi connectivity index (χ3n) is 4.29. The predicted octanol–water partition coefficient (Wildman–Crippen LogP) is 2.35. The average molecular weight is 404 g/mol. The lowest BCUT2D eigenvalue weighted by molar-refractivity contribution is -0.121. The molecule has 2 N–H and O–H groups in total. The molecule has 152 valence electrons. The molecule has 10 heteroatoms. The van der Waals surface area contributed by atoms with Crippen LogP contribution in [-0.2, 0) is 11.2 Å². The highest BCUT2D eigenvalue weighted by molar-refractivity contribution is 5.88. The fourth-order valence-corrected chi connectivity index (χ4v) is 2.96. The normalized spacial score (nSPS) is 12.0. The van der Waals surface area contributed by atoms with Crippen LogP contribution in [0.15, 0.2) is 41.2 Å². The van der Waals surface area contributed by atoms with E-state index in [2.05, 4.69) is 25.5 Å². The summed E-state index contributed by atoms with van der Waals surface area (Å²) in [6, 6.07) is 8.87. The molecule has 0 aliphatic rings. The minimum atomic E-state index is -2.90. The zero-order valence-corrected chi connectivity index (χ0v) is 15.6. The van der Waals surface area contributed by atoms with E-state index in [9.17, 15) is 18.4 Å². The number of H-pyrrole nitrogens is 1. The van der Waals surface area contributed by atoms with Crippen LogP contribution in [0.2, 0.25) is 0 Å². The molecule has 1 amide bonds. The maximum absolute atomic E-state index is 12.5. The Hall–Kier alpha value is -3.56. The smallest absolute Gasteiger partial charge is 0.387 e. The number of nitrogens with zero attached hydrogens (tertiary/aromatic N) is 2. The lowest BCUT2D eigenvalue weighted by Crippen LogP contribution is -2.28. The number of fused-ring (bicyclic) bond motifs is 1. The van der Waals surface area contributed by atoms with Crippen molar-refractivity contribution < 1.29 is 23.0 Å². The van der Waals surface area contributed by atoms with Crippen molar-refractivity contribution in [2.45, 2.75) is 26.0 Å². The van der Waals surface area contributed by atoms with E-state index in [0.29, 0.717) is 11.1 Å². The molecule has 0 spiro atoms. The van der Waals surface area contributed by atoms with Gasteiger partial charge in [0.05, 0.1) is 19.6 Å². The van der Waals surface area contributed by atoms with E-state index in [1.54, 1.807) is 31.2 Å². The van der Waals surface area contributed by atoms with Gasteiger partial charge in [0, 0.05) is 5.56 Å². The number of amides is 1. The number of aromatic amines is 1. The summed E-state index contributed by atoms with van der Waals surface area (Å²) in [6.45, 7) is -1.13. The topological polar surface area (TPSA) is 106 Å². The van der Waals surface area contributed by atoms with Crippen molar-refractivity contribution in [3.63, 3.8) is 0 Å². The molecule has 0 radical (unpaired) electrons. The molecule has 0 aliphatic heterocycles. The molecule has 3 aromatic rings. The first kappa shape index (κ1) is 20.2. The summed E-state index contributed by atoms with van der Waals surface area (Å²) in [5.74, 6) is -0.00653. The number of hydrogen-bond donors (Lipinski definition) is 2. The number of carbonyl (C=O) groups is 1. The van der Waals surface area contributed by atoms with Gasteiger partial charge in [0.2, 0.25) is 5.91 Å². The van der Waals surface area contributed by atoms with E-state index >= 15 is 0 Å². The Morgan fingerprint density at radius 1 is 1.21 bits per heavy atom. The fraction of sp³-hybridized carbons (Fsp3) is 0.263. The van der Waals surface area contributed by atoms with Gasteiger partial charge in [-0.2, -0.15) is 8.78 Å². The van der Waals surface area contributed by atoms with Crippen molar-refractivity contribution >= 4 is 16.8 Å². The summed E-state index contributed by atoms with van der Waals surface area (Å²) >= 11 is 0. The van der Waals surface area contributed by atoms with Crippen molar-refractivity contribution in [2.24, 2.45) is 0 Å². The third-order valence-corrected chi connectivity index (χ3v) is 4.29. The summed E-state index contributed by atoms with van der Waals surface area (Å²) in [6.07, 6.45) is -0.0300. The Balaban J connectivity index is 1.73. The Bertz CT molecular complexity index is 1070.